The first-order chi connectivity index (χ1) is 12.7. The molecule has 2 amide bonds. The van der Waals surface area contributed by atoms with Crippen LogP contribution < -0.4 is 15.5 Å². The molecule has 1 saturated heterocycles. The van der Waals surface area contributed by atoms with Gasteiger partial charge in [-0.15, -0.1) is 0 Å². The third kappa shape index (κ3) is 5.63. The molecule has 5 nitrogen and oxygen atoms in total. The summed E-state index contributed by atoms with van der Waals surface area (Å²) in [7, 11) is 0. The molecule has 2 aromatic rings. The smallest absolute Gasteiger partial charge is 0.315 e. The van der Waals surface area contributed by atoms with E-state index in [0.717, 1.165) is 30.0 Å². The Morgan fingerprint density at radius 3 is 2.31 bits per heavy atom. The van der Waals surface area contributed by atoms with Gasteiger partial charge in [0.05, 0.1) is 0 Å². The number of carbonyl (C=O) groups excluding carboxylic acids is 1. The molecule has 0 aliphatic carbocycles. The van der Waals surface area contributed by atoms with Crippen LogP contribution in [0, 0.1) is 0 Å². The van der Waals surface area contributed by atoms with Crippen LogP contribution in [-0.4, -0.2) is 24.1 Å². The van der Waals surface area contributed by atoms with E-state index in [2.05, 4.69) is 26.6 Å². The fraction of sp³-hybridized carbons (Fsp3) is 0.400. The highest BCUT2D eigenvalue weighted by Crippen LogP contribution is 2.18. The maximum absolute atomic E-state index is 12.0. The molecular formula is C20H25ClN4O. The van der Waals surface area contributed by atoms with Gasteiger partial charge in [0.15, 0.2) is 0 Å². The van der Waals surface area contributed by atoms with Gasteiger partial charge in [-0.1, -0.05) is 36.6 Å². The number of amides is 2. The summed E-state index contributed by atoms with van der Waals surface area (Å²) in [4.78, 5) is 18.9. The molecule has 1 aromatic heterocycles. The van der Waals surface area contributed by atoms with E-state index < -0.39 is 0 Å². The van der Waals surface area contributed by atoms with E-state index >= 15 is 0 Å². The fourth-order valence-corrected chi connectivity index (χ4v) is 3.20. The summed E-state index contributed by atoms with van der Waals surface area (Å²) in [6.07, 6.45) is 6.86. The number of carbonyl (C=O) groups is 1. The predicted octanol–water partition coefficient (Wildman–Crippen LogP) is 4.11. The monoisotopic (exact) mass is 372 g/mol. The lowest BCUT2D eigenvalue weighted by Crippen LogP contribution is -2.34. The minimum atomic E-state index is -0.187. The molecule has 6 heteroatoms. The Balaban J connectivity index is 1.48. The van der Waals surface area contributed by atoms with Crippen LogP contribution in [0.3, 0.4) is 0 Å². The molecule has 0 atom stereocenters. The molecule has 0 unspecified atom stereocenters. The number of aromatic nitrogens is 1. The van der Waals surface area contributed by atoms with Gasteiger partial charge in [0.1, 0.15) is 5.82 Å². The number of halogens is 1. The number of rotatable bonds is 5. The van der Waals surface area contributed by atoms with E-state index in [4.69, 9.17) is 11.6 Å². The summed E-state index contributed by atoms with van der Waals surface area (Å²) in [6, 6.07) is 11.3. The lowest BCUT2D eigenvalue weighted by Gasteiger charge is -2.21. The molecule has 2 N–H and O–H groups in total. The average molecular weight is 373 g/mol. The maximum Gasteiger partial charge on any atom is 0.315 e. The Hall–Kier alpha value is -2.27. The van der Waals surface area contributed by atoms with Crippen LogP contribution in [0.2, 0.25) is 5.02 Å². The minimum absolute atomic E-state index is 0.187. The van der Waals surface area contributed by atoms with Crippen LogP contribution >= 0.6 is 11.6 Å². The summed E-state index contributed by atoms with van der Waals surface area (Å²) in [6.45, 7) is 3.07. The Kier molecular flexibility index (Phi) is 6.72. The Morgan fingerprint density at radius 1 is 0.962 bits per heavy atom. The summed E-state index contributed by atoms with van der Waals surface area (Å²) in [5, 5.41) is 6.45. The van der Waals surface area contributed by atoms with Gasteiger partial charge in [0, 0.05) is 37.4 Å². The number of urea groups is 1. The lowest BCUT2D eigenvalue weighted by atomic mass is 10.2. The number of anilines is 1. The molecule has 1 aliphatic rings. The maximum atomic E-state index is 12.0. The van der Waals surface area contributed by atoms with Crippen molar-refractivity contribution in [1.82, 2.24) is 15.6 Å². The van der Waals surface area contributed by atoms with Crippen LogP contribution in [0.25, 0.3) is 0 Å². The van der Waals surface area contributed by atoms with Crippen molar-refractivity contribution in [3.63, 3.8) is 0 Å². The number of hydrogen-bond acceptors (Lipinski definition) is 3. The normalized spacial score (nSPS) is 14.6. The number of nitrogens with one attached hydrogen (secondary N) is 2. The SMILES string of the molecule is O=C(NCc1ccc(Cl)cc1)NCc1ccnc(N2CCCCCC2)c1. The zero-order valence-corrected chi connectivity index (χ0v) is 15.6. The first kappa shape index (κ1) is 18.5. The van der Waals surface area contributed by atoms with Crippen molar-refractivity contribution < 1.29 is 4.79 Å². The van der Waals surface area contributed by atoms with E-state index in [1.54, 1.807) is 0 Å². The highest BCUT2D eigenvalue weighted by Gasteiger charge is 2.11. The van der Waals surface area contributed by atoms with Crippen LogP contribution in [0.5, 0.6) is 0 Å². The van der Waals surface area contributed by atoms with Gasteiger partial charge < -0.3 is 15.5 Å². The third-order valence-electron chi connectivity index (χ3n) is 4.56. The number of hydrogen-bond donors (Lipinski definition) is 2. The van der Waals surface area contributed by atoms with Crippen molar-refractivity contribution in [2.24, 2.45) is 0 Å². The van der Waals surface area contributed by atoms with Crippen LogP contribution in [-0.2, 0) is 13.1 Å². The van der Waals surface area contributed by atoms with Crippen LogP contribution in [0.4, 0.5) is 10.6 Å². The summed E-state index contributed by atoms with van der Waals surface area (Å²) >= 11 is 5.86. The van der Waals surface area contributed by atoms with E-state index in [1.165, 1.54) is 25.7 Å². The van der Waals surface area contributed by atoms with Crippen molar-refractivity contribution in [3.05, 3.63) is 58.7 Å². The third-order valence-corrected chi connectivity index (χ3v) is 4.81. The molecule has 0 spiro atoms. The number of nitrogens with zero attached hydrogens (tertiary/aromatic N) is 2. The van der Waals surface area contributed by atoms with Gasteiger partial charge >= 0.3 is 6.03 Å². The topological polar surface area (TPSA) is 57.3 Å². The highest BCUT2D eigenvalue weighted by molar-refractivity contribution is 6.30. The molecule has 0 radical (unpaired) electrons. The molecule has 1 aromatic carbocycles. The first-order valence-electron chi connectivity index (χ1n) is 9.17. The summed E-state index contributed by atoms with van der Waals surface area (Å²) < 4.78 is 0. The minimum Gasteiger partial charge on any atom is -0.357 e. The lowest BCUT2D eigenvalue weighted by molar-refractivity contribution is 0.240. The highest BCUT2D eigenvalue weighted by atomic mass is 35.5. The fourth-order valence-electron chi connectivity index (χ4n) is 3.07. The van der Waals surface area contributed by atoms with E-state index in [1.807, 2.05) is 36.5 Å². The van der Waals surface area contributed by atoms with Gasteiger partial charge in [-0.05, 0) is 48.2 Å². The number of benzene rings is 1. The Labute approximate surface area is 159 Å². The van der Waals surface area contributed by atoms with E-state index in [9.17, 15) is 4.79 Å². The standard InChI is InChI=1S/C20H25ClN4O/c21-18-7-5-16(6-8-18)14-23-20(26)24-15-17-9-10-22-19(13-17)25-11-3-1-2-4-12-25/h5-10,13H,1-4,11-12,14-15H2,(H2,23,24,26). The zero-order chi connectivity index (χ0) is 18.2. The summed E-state index contributed by atoms with van der Waals surface area (Å²) in [5.74, 6) is 1.01. The molecule has 3 rings (SSSR count). The van der Waals surface area contributed by atoms with Gasteiger partial charge in [-0.25, -0.2) is 9.78 Å². The molecule has 1 aliphatic heterocycles. The number of pyridine rings is 1. The second-order valence-electron chi connectivity index (χ2n) is 6.59. The zero-order valence-electron chi connectivity index (χ0n) is 14.9. The van der Waals surface area contributed by atoms with E-state index in [-0.39, 0.29) is 6.03 Å². The van der Waals surface area contributed by atoms with E-state index in [0.29, 0.717) is 18.1 Å². The predicted molar refractivity (Wildman–Crippen MR) is 105 cm³/mol. The molecule has 0 bridgehead atoms. The molecule has 26 heavy (non-hydrogen) atoms. The molecule has 138 valence electrons. The van der Waals surface area contributed by atoms with Crippen molar-refractivity contribution in [2.45, 2.75) is 38.8 Å². The van der Waals surface area contributed by atoms with Gasteiger partial charge in [0.25, 0.3) is 0 Å². The van der Waals surface area contributed by atoms with Crippen LogP contribution in [0.1, 0.15) is 36.8 Å². The van der Waals surface area contributed by atoms with Gasteiger partial charge in [-0.2, -0.15) is 0 Å². The van der Waals surface area contributed by atoms with Crippen LogP contribution in [0.15, 0.2) is 42.6 Å². The Bertz CT molecular complexity index is 712. The van der Waals surface area contributed by atoms with Gasteiger partial charge in [0.2, 0.25) is 0 Å². The van der Waals surface area contributed by atoms with Crippen molar-refractivity contribution in [2.75, 3.05) is 18.0 Å². The molecular weight excluding hydrogens is 348 g/mol. The molecule has 0 saturated carbocycles. The van der Waals surface area contributed by atoms with Crippen molar-refractivity contribution >= 4 is 23.4 Å². The molecule has 1 fully saturated rings. The second kappa shape index (κ2) is 9.43. The van der Waals surface area contributed by atoms with Crippen molar-refractivity contribution in [3.8, 4) is 0 Å². The molecule has 2 heterocycles. The average Bonchev–Trinajstić information content (AvgIpc) is 2.96. The second-order valence-corrected chi connectivity index (χ2v) is 7.02. The Morgan fingerprint density at radius 2 is 1.62 bits per heavy atom. The quantitative estimate of drug-likeness (QED) is 0.830. The van der Waals surface area contributed by atoms with Crippen molar-refractivity contribution in [1.29, 1.82) is 0 Å². The first-order valence-corrected chi connectivity index (χ1v) is 9.54. The summed E-state index contributed by atoms with van der Waals surface area (Å²) in [5.41, 5.74) is 2.07. The largest absolute Gasteiger partial charge is 0.357 e. The van der Waals surface area contributed by atoms with Gasteiger partial charge in [-0.3, -0.25) is 0 Å².